The van der Waals surface area contributed by atoms with Gasteiger partial charge < -0.3 is 5.32 Å². The Hall–Kier alpha value is -0.410. The van der Waals surface area contributed by atoms with Crippen LogP contribution >= 0.6 is 15.9 Å². The molecular weight excluding hydrogens is 269 g/mol. The van der Waals surface area contributed by atoms with Gasteiger partial charge in [-0.25, -0.2) is 4.39 Å². The van der Waals surface area contributed by atoms with Crippen molar-refractivity contribution < 1.29 is 4.39 Å². The average molecular weight is 288 g/mol. The van der Waals surface area contributed by atoms with Gasteiger partial charge in [0.15, 0.2) is 0 Å². The topological polar surface area (TPSA) is 12.0 Å². The Morgan fingerprint density at radius 1 is 1.38 bits per heavy atom. The van der Waals surface area contributed by atoms with E-state index in [0.717, 1.165) is 12.0 Å². The molecule has 0 aliphatic heterocycles. The molecule has 3 heteroatoms. The first-order chi connectivity index (χ1) is 7.69. The van der Waals surface area contributed by atoms with E-state index in [0.29, 0.717) is 10.5 Å². The predicted octanol–water partition coefficient (Wildman–Crippen LogP) is 4.43. The van der Waals surface area contributed by atoms with Gasteiger partial charge in [-0.2, -0.15) is 0 Å². The molecule has 0 aliphatic carbocycles. The highest BCUT2D eigenvalue weighted by molar-refractivity contribution is 9.10. The normalized spacial score (nSPS) is 12.8. The van der Waals surface area contributed by atoms with E-state index in [1.165, 1.54) is 25.3 Å². The van der Waals surface area contributed by atoms with Crippen LogP contribution in [0.1, 0.15) is 44.2 Å². The molecule has 0 radical (unpaired) electrons. The number of nitrogens with one attached hydrogen (secondary N) is 1. The Morgan fingerprint density at radius 2 is 2.12 bits per heavy atom. The van der Waals surface area contributed by atoms with Crippen LogP contribution in [0.25, 0.3) is 0 Å². The third-order valence-electron chi connectivity index (χ3n) is 2.79. The molecule has 1 unspecified atom stereocenters. The highest BCUT2D eigenvalue weighted by Crippen LogP contribution is 2.24. The van der Waals surface area contributed by atoms with Gasteiger partial charge >= 0.3 is 0 Å². The van der Waals surface area contributed by atoms with Crippen molar-refractivity contribution in [3.8, 4) is 0 Å². The van der Waals surface area contributed by atoms with Gasteiger partial charge in [0.1, 0.15) is 5.82 Å². The average Bonchev–Trinajstić information content (AvgIpc) is 2.29. The Kier molecular flexibility index (Phi) is 5.99. The zero-order chi connectivity index (χ0) is 12.0. The van der Waals surface area contributed by atoms with Crippen LogP contribution in [0.3, 0.4) is 0 Å². The maximum Gasteiger partial charge on any atom is 0.137 e. The zero-order valence-corrected chi connectivity index (χ0v) is 11.5. The highest BCUT2D eigenvalue weighted by Gasteiger charge is 2.10. The lowest BCUT2D eigenvalue weighted by molar-refractivity contribution is 0.510. The molecular formula is C13H19BrFN. The second-order valence-electron chi connectivity index (χ2n) is 4.01. The van der Waals surface area contributed by atoms with Gasteiger partial charge in [-0.15, -0.1) is 0 Å². The van der Waals surface area contributed by atoms with Crippen LogP contribution in [0.5, 0.6) is 0 Å². The summed E-state index contributed by atoms with van der Waals surface area (Å²) >= 11 is 3.22. The third-order valence-corrected chi connectivity index (χ3v) is 3.40. The second-order valence-corrected chi connectivity index (χ2v) is 4.86. The van der Waals surface area contributed by atoms with Crippen molar-refractivity contribution in [1.29, 1.82) is 0 Å². The minimum atomic E-state index is -0.202. The molecule has 0 aliphatic rings. The smallest absolute Gasteiger partial charge is 0.137 e. The first-order valence-electron chi connectivity index (χ1n) is 5.81. The molecule has 0 amide bonds. The molecule has 0 heterocycles. The van der Waals surface area contributed by atoms with Gasteiger partial charge in [0.05, 0.1) is 4.47 Å². The van der Waals surface area contributed by atoms with Crippen molar-refractivity contribution >= 4 is 15.9 Å². The Balaban J connectivity index is 2.67. The Bertz CT molecular complexity index is 328. The van der Waals surface area contributed by atoms with Gasteiger partial charge in [-0.05, 0) is 47.1 Å². The monoisotopic (exact) mass is 287 g/mol. The molecule has 1 nitrogen and oxygen atoms in total. The van der Waals surface area contributed by atoms with Crippen LogP contribution in [0.2, 0.25) is 0 Å². The first-order valence-corrected chi connectivity index (χ1v) is 6.60. The molecule has 1 aromatic carbocycles. The van der Waals surface area contributed by atoms with Gasteiger partial charge in [0.25, 0.3) is 0 Å². The third kappa shape index (κ3) is 3.87. The SMILES string of the molecule is CCCCCC(NC)c1ccc(F)c(Br)c1. The number of benzene rings is 1. The van der Waals surface area contributed by atoms with Crippen LogP contribution in [0, 0.1) is 5.82 Å². The van der Waals surface area contributed by atoms with Crippen LogP contribution in [0.4, 0.5) is 4.39 Å². The Labute approximate surface area is 106 Å². The lowest BCUT2D eigenvalue weighted by atomic mass is 10.0. The summed E-state index contributed by atoms with van der Waals surface area (Å²) < 4.78 is 13.6. The quantitative estimate of drug-likeness (QED) is 0.764. The summed E-state index contributed by atoms with van der Waals surface area (Å²) in [4.78, 5) is 0. The summed E-state index contributed by atoms with van der Waals surface area (Å²) in [5.74, 6) is -0.202. The van der Waals surface area contributed by atoms with Crippen molar-refractivity contribution in [2.24, 2.45) is 0 Å². The van der Waals surface area contributed by atoms with Crippen molar-refractivity contribution in [1.82, 2.24) is 5.32 Å². The summed E-state index contributed by atoms with van der Waals surface area (Å²) in [7, 11) is 1.95. The molecule has 0 saturated carbocycles. The van der Waals surface area contributed by atoms with E-state index in [9.17, 15) is 4.39 Å². The largest absolute Gasteiger partial charge is 0.313 e. The maximum atomic E-state index is 13.1. The molecule has 1 rings (SSSR count). The number of hydrogen-bond donors (Lipinski definition) is 1. The van der Waals surface area contributed by atoms with E-state index in [1.54, 1.807) is 0 Å². The molecule has 0 fully saturated rings. The summed E-state index contributed by atoms with van der Waals surface area (Å²) in [6.07, 6.45) is 4.78. The second kappa shape index (κ2) is 7.02. The number of rotatable bonds is 6. The number of hydrogen-bond acceptors (Lipinski definition) is 1. The van der Waals surface area contributed by atoms with E-state index >= 15 is 0 Å². The highest BCUT2D eigenvalue weighted by atomic mass is 79.9. The lowest BCUT2D eigenvalue weighted by Gasteiger charge is -2.16. The number of halogens is 2. The molecule has 1 N–H and O–H groups in total. The minimum Gasteiger partial charge on any atom is -0.313 e. The first kappa shape index (κ1) is 13.7. The van der Waals surface area contributed by atoms with Gasteiger partial charge in [0, 0.05) is 6.04 Å². The van der Waals surface area contributed by atoms with Crippen LogP contribution < -0.4 is 5.32 Å². The van der Waals surface area contributed by atoms with Crippen LogP contribution in [-0.2, 0) is 0 Å². The van der Waals surface area contributed by atoms with E-state index in [1.807, 2.05) is 19.2 Å². The maximum absolute atomic E-state index is 13.1. The van der Waals surface area contributed by atoms with Gasteiger partial charge in [0.2, 0.25) is 0 Å². The van der Waals surface area contributed by atoms with Crippen LogP contribution in [0.15, 0.2) is 22.7 Å². The molecule has 1 atom stereocenters. The van der Waals surface area contributed by atoms with Crippen molar-refractivity contribution in [3.63, 3.8) is 0 Å². The van der Waals surface area contributed by atoms with Crippen molar-refractivity contribution in [3.05, 3.63) is 34.1 Å². The fourth-order valence-corrected chi connectivity index (χ4v) is 2.20. The molecule has 16 heavy (non-hydrogen) atoms. The Morgan fingerprint density at radius 3 is 2.69 bits per heavy atom. The summed E-state index contributed by atoms with van der Waals surface area (Å²) in [6.45, 7) is 2.20. The van der Waals surface area contributed by atoms with E-state index in [2.05, 4.69) is 28.2 Å². The van der Waals surface area contributed by atoms with Crippen molar-refractivity contribution in [2.45, 2.75) is 38.6 Å². The molecule has 90 valence electrons. The molecule has 0 spiro atoms. The molecule has 0 saturated heterocycles. The zero-order valence-electron chi connectivity index (χ0n) is 9.89. The predicted molar refractivity (Wildman–Crippen MR) is 70.0 cm³/mol. The van der Waals surface area contributed by atoms with Crippen LogP contribution in [-0.4, -0.2) is 7.05 Å². The van der Waals surface area contributed by atoms with E-state index < -0.39 is 0 Å². The fourth-order valence-electron chi connectivity index (χ4n) is 1.81. The molecule has 1 aromatic rings. The molecule has 0 bridgehead atoms. The summed E-state index contributed by atoms with van der Waals surface area (Å²) in [5, 5.41) is 3.28. The van der Waals surface area contributed by atoms with Gasteiger partial charge in [-0.1, -0.05) is 32.3 Å². The standard InChI is InChI=1S/C13H19BrFN/c1-3-4-5-6-13(16-2)10-7-8-12(15)11(14)9-10/h7-9,13,16H,3-6H2,1-2H3. The van der Waals surface area contributed by atoms with Crippen molar-refractivity contribution in [2.75, 3.05) is 7.05 Å². The van der Waals surface area contributed by atoms with Gasteiger partial charge in [-0.3, -0.25) is 0 Å². The summed E-state index contributed by atoms with van der Waals surface area (Å²) in [5.41, 5.74) is 1.15. The minimum absolute atomic E-state index is 0.202. The fraction of sp³-hybridized carbons (Fsp3) is 0.538. The molecule has 0 aromatic heterocycles. The van der Waals surface area contributed by atoms with E-state index in [-0.39, 0.29) is 5.82 Å². The van der Waals surface area contributed by atoms with E-state index in [4.69, 9.17) is 0 Å². The number of unbranched alkanes of at least 4 members (excludes halogenated alkanes) is 2. The summed E-state index contributed by atoms with van der Waals surface area (Å²) in [6, 6.07) is 5.56. The lowest BCUT2D eigenvalue weighted by Crippen LogP contribution is -2.16.